The van der Waals surface area contributed by atoms with Crippen LogP contribution in [0, 0.1) is 11.8 Å². The van der Waals surface area contributed by atoms with Crippen LogP contribution in [0.1, 0.15) is 69.4 Å². The van der Waals surface area contributed by atoms with Crippen LogP contribution < -0.4 is 4.74 Å². The molecule has 1 aliphatic carbocycles. The topological polar surface area (TPSA) is 49.8 Å². The van der Waals surface area contributed by atoms with Gasteiger partial charge in [0.25, 0.3) is 0 Å². The van der Waals surface area contributed by atoms with Crippen LogP contribution in [0.2, 0.25) is 0 Å². The predicted octanol–water partition coefficient (Wildman–Crippen LogP) is 7.32. The van der Waals surface area contributed by atoms with Gasteiger partial charge in [0.1, 0.15) is 11.3 Å². The van der Waals surface area contributed by atoms with Crippen molar-refractivity contribution in [2.75, 3.05) is 6.54 Å². The van der Waals surface area contributed by atoms with Crippen LogP contribution in [0.15, 0.2) is 30.3 Å². The SMILES string of the molecule is CC(F)(F)[C@H]1CC[C@@H](Oc2ccc3cc(CCN4C5CCC4CC(C(=O)O)C5)ccc3c2C(F)(F)F)CC1. The Labute approximate surface area is 219 Å². The number of hydrogen-bond donors (Lipinski definition) is 1. The van der Waals surface area contributed by atoms with Crippen LogP contribution in [0.3, 0.4) is 0 Å². The van der Waals surface area contributed by atoms with Gasteiger partial charge < -0.3 is 9.84 Å². The van der Waals surface area contributed by atoms with Crippen molar-refractivity contribution in [2.24, 2.45) is 11.8 Å². The van der Waals surface area contributed by atoms with Crippen LogP contribution in [0.5, 0.6) is 5.75 Å². The van der Waals surface area contributed by atoms with E-state index in [9.17, 15) is 31.9 Å². The van der Waals surface area contributed by atoms with Gasteiger partial charge in [-0.2, -0.15) is 13.2 Å². The monoisotopic (exact) mass is 539 g/mol. The average molecular weight is 540 g/mol. The number of benzene rings is 2. The molecule has 38 heavy (non-hydrogen) atoms. The molecule has 0 radical (unpaired) electrons. The lowest BCUT2D eigenvalue weighted by molar-refractivity contribution is -0.144. The Morgan fingerprint density at radius 1 is 0.974 bits per heavy atom. The number of carboxylic acids is 1. The summed E-state index contributed by atoms with van der Waals surface area (Å²) < 4.78 is 75.6. The molecule has 2 unspecified atom stereocenters. The summed E-state index contributed by atoms with van der Waals surface area (Å²) in [7, 11) is 0. The van der Waals surface area contributed by atoms with Gasteiger partial charge in [-0.3, -0.25) is 9.69 Å². The van der Waals surface area contributed by atoms with E-state index in [0.717, 1.165) is 31.9 Å². The molecular formula is C29H34F5NO3. The second-order valence-corrected chi connectivity index (χ2v) is 11.4. The number of fused-ring (bicyclic) bond motifs is 3. The number of rotatable bonds is 7. The van der Waals surface area contributed by atoms with E-state index in [2.05, 4.69) is 4.90 Å². The smallest absolute Gasteiger partial charge is 0.420 e. The molecule has 208 valence electrons. The Balaban J connectivity index is 1.30. The third kappa shape index (κ3) is 5.63. The number of carboxylic acid groups (broad SMARTS) is 1. The molecule has 5 rings (SSSR count). The number of alkyl halides is 5. The van der Waals surface area contributed by atoms with E-state index in [1.165, 1.54) is 12.1 Å². The van der Waals surface area contributed by atoms with Gasteiger partial charge in [0.15, 0.2) is 0 Å². The molecule has 2 aliphatic heterocycles. The highest BCUT2D eigenvalue weighted by Gasteiger charge is 2.43. The number of carbonyl (C=O) groups is 1. The lowest BCUT2D eigenvalue weighted by atomic mass is 9.83. The van der Waals surface area contributed by atoms with Crippen LogP contribution in [-0.2, 0) is 17.4 Å². The molecule has 2 heterocycles. The molecule has 9 heteroatoms. The average Bonchev–Trinajstić information content (AvgIpc) is 3.07. The van der Waals surface area contributed by atoms with Gasteiger partial charge in [0.2, 0.25) is 5.92 Å². The highest BCUT2D eigenvalue weighted by atomic mass is 19.4. The summed E-state index contributed by atoms with van der Waals surface area (Å²) in [6.45, 7) is 1.64. The normalized spacial score (nSPS) is 28.5. The Hall–Kier alpha value is -2.42. The summed E-state index contributed by atoms with van der Waals surface area (Å²) >= 11 is 0. The summed E-state index contributed by atoms with van der Waals surface area (Å²) in [5.74, 6) is -4.82. The van der Waals surface area contributed by atoms with E-state index in [4.69, 9.17) is 4.74 Å². The maximum Gasteiger partial charge on any atom is 0.420 e. The van der Waals surface area contributed by atoms with E-state index in [1.54, 1.807) is 18.2 Å². The van der Waals surface area contributed by atoms with E-state index in [1.807, 2.05) is 0 Å². The Morgan fingerprint density at radius 3 is 2.21 bits per heavy atom. The Morgan fingerprint density at radius 2 is 1.63 bits per heavy atom. The molecule has 0 aromatic heterocycles. The van der Waals surface area contributed by atoms with E-state index >= 15 is 0 Å². The van der Waals surface area contributed by atoms with Crippen LogP contribution in [-0.4, -0.2) is 46.6 Å². The van der Waals surface area contributed by atoms with E-state index < -0.39 is 35.7 Å². The first kappa shape index (κ1) is 27.2. The maximum atomic E-state index is 14.2. The fourth-order valence-corrected chi connectivity index (χ4v) is 6.87. The third-order valence-corrected chi connectivity index (χ3v) is 8.91. The first-order chi connectivity index (χ1) is 17.9. The van der Waals surface area contributed by atoms with Crippen molar-refractivity contribution in [3.63, 3.8) is 0 Å². The number of hydrogen-bond acceptors (Lipinski definition) is 3. The number of halogens is 5. The third-order valence-electron chi connectivity index (χ3n) is 8.91. The van der Waals surface area contributed by atoms with Crippen molar-refractivity contribution < 1.29 is 36.6 Å². The molecule has 3 aliphatic rings. The fraction of sp³-hybridized carbons (Fsp3) is 0.621. The molecule has 4 nitrogen and oxygen atoms in total. The zero-order valence-electron chi connectivity index (χ0n) is 21.4. The molecule has 3 fully saturated rings. The van der Waals surface area contributed by atoms with Gasteiger partial charge in [0, 0.05) is 24.5 Å². The van der Waals surface area contributed by atoms with Gasteiger partial charge in [0.05, 0.1) is 12.0 Å². The molecule has 0 spiro atoms. The zero-order valence-corrected chi connectivity index (χ0v) is 21.4. The number of piperidine rings is 1. The van der Waals surface area contributed by atoms with Crippen LogP contribution in [0.4, 0.5) is 22.0 Å². The molecule has 1 saturated carbocycles. The number of nitrogens with zero attached hydrogens (tertiary/aromatic N) is 1. The molecule has 2 aromatic rings. The van der Waals surface area contributed by atoms with Crippen LogP contribution in [0.25, 0.3) is 10.8 Å². The Bertz CT molecular complexity index is 1160. The van der Waals surface area contributed by atoms with Crippen molar-refractivity contribution >= 4 is 16.7 Å². The molecule has 2 saturated heterocycles. The lowest BCUT2D eigenvalue weighted by Gasteiger charge is -2.37. The molecule has 2 atom stereocenters. The largest absolute Gasteiger partial charge is 0.490 e. The minimum Gasteiger partial charge on any atom is -0.490 e. The van der Waals surface area contributed by atoms with Crippen molar-refractivity contribution in [1.82, 2.24) is 4.90 Å². The van der Waals surface area contributed by atoms with Gasteiger partial charge >= 0.3 is 12.1 Å². The quantitative estimate of drug-likeness (QED) is 0.375. The lowest BCUT2D eigenvalue weighted by Crippen LogP contribution is -2.45. The summed E-state index contributed by atoms with van der Waals surface area (Å²) in [5, 5.41) is 9.93. The second-order valence-electron chi connectivity index (χ2n) is 11.4. The van der Waals surface area contributed by atoms with E-state index in [0.29, 0.717) is 37.5 Å². The van der Waals surface area contributed by atoms with Crippen molar-refractivity contribution in [3.05, 3.63) is 41.5 Å². The second kappa shape index (κ2) is 10.3. The summed E-state index contributed by atoms with van der Waals surface area (Å²) in [6.07, 6.45) is -0.130. The minimum atomic E-state index is -4.63. The first-order valence-electron chi connectivity index (χ1n) is 13.6. The van der Waals surface area contributed by atoms with Crippen molar-refractivity contribution in [2.45, 2.75) is 95.0 Å². The molecule has 0 amide bonds. The molecule has 2 aromatic carbocycles. The fourth-order valence-electron chi connectivity index (χ4n) is 6.87. The Kier molecular flexibility index (Phi) is 7.35. The van der Waals surface area contributed by atoms with E-state index in [-0.39, 0.29) is 42.0 Å². The highest BCUT2D eigenvalue weighted by molar-refractivity contribution is 5.89. The maximum absolute atomic E-state index is 14.2. The van der Waals surface area contributed by atoms with Crippen LogP contribution >= 0.6 is 0 Å². The summed E-state index contributed by atoms with van der Waals surface area (Å²) in [6, 6.07) is 8.51. The summed E-state index contributed by atoms with van der Waals surface area (Å²) in [5.41, 5.74) is 0.108. The molecule has 1 N–H and O–H groups in total. The standard InChI is InChI=1S/C29H34F5NO3/c1-28(30,31)20-4-8-23(9-5-20)38-25-11-3-18-14-17(2-10-24(18)26(25)29(32,33)34)12-13-35-21-6-7-22(35)16-19(15-21)27(36)37/h2-3,10-11,14,19-23H,4-9,12-13,15-16H2,1H3,(H,36,37)/t19?,20-,21?,22?,23+. The van der Waals surface area contributed by atoms with Crippen molar-refractivity contribution in [1.29, 1.82) is 0 Å². The van der Waals surface area contributed by atoms with Gasteiger partial charge in [-0.1, -0.05) is 24.3 Å². The van der Waals surface area contributed by atoms with Gasteiger partial charge in [-0.05, 0) is 87.1 Å². The predicted molar refractivity (Wildman–Crippen MR) is 134 cm³/mol. The highest BCUT2D eigenvalue weighted by Crippen LogP contribution is 2.44. The van der Waals surface area contributed by atoms with Crippen molar-refractivity contribution in [3.8, 4) is 5.75 Å². The summed E-state index contributed by atoms with van der Waals surface area (Å²) in [4.78, 5) is 13.8. The molecule has 2 bridgehead atoms. The number of aliphatic carboxylic acids is 1. The first-order valence-corrected chi connectivity index (χ1v) is 13.6. The number of ether oxygens (including phenoxy) is 1. The van der Waals surface area contributed by atoms with Gasteiger partial charge in [-0.15, -0.1) is 0 Å². The van der Waals surface area contributed by atoms with Gasteiger partial charge in [-0.25, -0.2) is 8.78 Å². The molecular weight excluding hydrogens is 505 g/mol. The zero-order chi connectivity index (χ0) is 27.2. The minimum absolute atomic E-state index is 0.0647.